The predicted molar refractivity (Wildman–Crippen MR) is 76.9 cm³/mol. The van der Waals surface area contributed by atoms with E-state index in [1.54, 1.807) is 11.8 Å². The second-order valence-corrected chi connectivity index (χ2v) is 6.04. The number of benzene rings is 1. The molecule has 2 saturated heterocycles. The molecule has 0 aliphatic carbocycles. The van der Waals surface area contributed by atoms with Gasteiger partial charge in [0.2, 0.25) is 0 Å². The van der Waals surface area contributed by atoms with Crippen LogP contribution in [0.25, 0.3) is 0 Å². The Balaban J connectivity index is 1.58. The highest BCUT2D eigenvalue weighted by Crippen LogP contribution is 2.33. The summed E-state index contributed by atoms with van der Waals surface area (Å²) >= 11 is 1.71. The van der Waals surface area contributed by atoms with Gasteiger partial charge in [-0.2, -0.15) is 11.8 Å². The molecule has 2 aliphatic rings. The summed E-state index contributed by atoms with van der Waals surface area (Å²) in [5.74, 6) is 2.23. The van der Waals surface area contributed by atoms with E-state index < -0.39 is 5.54 Å². The molecule has 0 bridgehead atoms. The van der Waals surface area contributed by atoms with Crippen molar-refractivity contribution >= 4 is 23.7 Å². The smallest absolute Gasteiger partial charge is 0.325 e. The standard InChI is InChI=1S/C14H16N2O3S/c17-12-14(6-9-20-10-14)15-13(18)16(12)7-8-19-11-4-2-1-3-5-11/h1-5H,6-10H2,(H,15,18). The van der Waals surface area contributed by atoms with Gasteiger partial charge < -0.3 is 10.1 Å². The van der Waals surface area contributed by atoms with Crippen LogP contribution in [0.4, 0.5) is 4.79 Å². The lowest BCUT2D eigenvalue weighted by molar-refractivity contribution is -0.130. The maximum Gasteiger partial charge on any atom is 0.325 e. The fourth-order valence-electron chi connectivity index (χ4n) is 2.48. The summed E-state index contributed by atoms with van der Waals surface area (Å²) in [4.78, 5) is 25.5. The van der Waals surface area contributed by atoms with Crippen LogP contribution in [0.3, 0.4) is 0 Å². The van der Waals surface area contributed by atoms with Crippen molar-refractivity contribution in [2.75, 3.05) is 24.7 Å². The molecule has 0 aromatic heterocycles. The Hall–Kier alpha value is -1.69. The molecule has 0 radical (unpaired) electrons. The molecule has 2 fully saturated rings. The van der Waals surface area contributed by atoms with E-state index in [9.17, 15) is 9.59 Å². The van der Waals surface area contributed by atoms with E-state index in [0.717, 1.165) is 17.9 Å². The van der Waals surface area contributed by atoms with Crippen molar-refractivity contribution in [2.45, 2.75) is 12.0 Å². The van der Waals surface area contributed by atoms with Gasteiger partial charge in [0, 0.05) is 5.75 Å². The summed E-state index contributed by atoms with van der Waals surface area (Å²) in [5, 5.41) is 2.84. The van der Waals surface area contributed by atoms with Gasteiger partial charge in [0.1, 0.15) is 17.9 Å². The highest BCUT2D eigenvalue weighted by molar-refractivity contribution is 7.99. The van der Waals surface area contributed by atoms with Crippen LogP contribution in [0.5, 0.6) is 5.75 Å². The first kappa shape index (κ1) is 13.3. The zero-order valence-electron chi connectivity index (χ0n) is 11.0. The number of hydrogen-bond donors (Lipinski definition) is 1. The summed E-state index contributed by atoms with van der Waals surface area (Å²) in [5.41, 5.74) is -0.658. The molecule has 1 atom stereocenters. The normalized spacial score (nSPS) is 25.3. The van der Waals surface area contributed by atoms with Gasteiger partial charge in [-0.15, -0.1) is 0 Å². The zero-order valence-corrected chi connectivity index (χ0v) is 11.8. The molecule has 1 N–H and O–H groups in total. The van der Waals surface area contributed by atoms with Crippen LogP contribution in [0.1, 0.15) is 6.42 Å². The third kappa shape index (κ3) is 2.35. The average molecular weight is 292 g/mol. The molecule has 1 aromatic carbocycles. The van der Waals surface area contributed by atoms with Crippen LogP contribution in [0.2, 0.25) is 0 Å². The summed E-state index contributed by atoms with van der Waals surface area (Å²) < 4.78 is 5.54. The van der Waals surface area contributed by atoms with Gasteiger partial charge in [0.25, 0.3) is 5.91 Å². The number of rotatable bonds is 4. The van der Waals surface area contributed by atoms with Gasteiger partial charge in [-0.3, -0.25) is 9.69 Å². The minimum absolute atomic E-state index is 0.107. The summed E-state index contributed by atoms with van der Waals surface area (Å²) in [6, 6.07) is 9.07. The van der Waals surface area contributed by atoms with Gasteiger partial charge in [-0.05, 0) is 24.3 Å². The number of thioether (sulfide) groups is 1. The van der Waals surface area contributed by atoms with Gasteiger partial charge in [-0.25, -0.2) is 4.79 Å². The lowest BCUT2D eigenvalue weighted by atomic mass is 9.99. The SMILES string of the molecule is O=C1NC2(CCSC2)C(=O)N1CCOc1ccccc1. The highest BCUT2D eigenvalue weighted by Gasteiger charge is 2.52. The average Bonchev–Trinajstić information content (AvgIpc) is 3.01. The first-order valence-corrected chi connectivity index (χ1v) is 7.76. The Morgan fingerprint density at radius 3 is 2.80 bits per heavy atom. The van der Waals surface area contributed by atoms with Gasteiger partial charge in [-0.1, -0.05) is 18.2 Å². The molecule has 1 unspecified atom stereocenters. The predicted octanol–water partition coefficient (Wildman–Crippen LogP) is 1.49. The van der Waals surface area contributed by atoms with Crippen LogP contribution >= 0.6 is 11.8 Å². The molecule has 106 valence electrons. The Bertz CT molecular complexity index is 514. The van der Waals surface area contributed by atoms with Crippen molar-refractivity contribution < 1.29 is 14.3 Å². The Kier molecular flexibility index (Phi) is 3.56. The Morgan fingerprint density at radius 2 is 2.10 bits per heavy atom. The molecule has 1 aromatic rings. The number of carbonyl (C=O) groups is 2. The van der Waals surface area contributed by atoms with Gasteiger partial charge >= 0.3 is 6.03 Å². The summed E-state index contributed by atoms with van der Waals surface area (Å²) in [6.45, 7) is 0.596. The Morgan fingerprint density at radius 1 is 1.30 bits per heavy atom. The highest BCUT2D eigenvalue weighted by atomic mass is 32.2. The molecule has 3 amide bonds. The third-order valence-electron chi connectivity index (χ3n) is 3.59. The molecular weight excluding hydrogens is 276 g/mol. The second kappa shape index (κ2) is 5.36. The first-order valence-electron chi connectivity index (χ1n) is 6.61. The van der Waals surface area contributed by atoms with Crippen LogP contribution in [-0.4, -0.2) is 47.0 Å². The van der Waals surface area contributed by atoms with Gasteiger partial charge in [0.15, 0.2) is 0 Å². The maximum atomic E-state index is 12.4. The Labute approximate surface area is 121 Å². The maximum absolute atomic E-state index is 12.4. The van der Waals surface area contributed by atoms with E-state index in [0.29, 0.717) is 12.4 Å². The second-order valence-electron chi connectivity index (χ2n) is 4.93. The number of carbonyl (C=O) groups excluding carboxylic acids is 2. The minimum Gasteiger partial charge on any atom is -0.492 e. The van der Waals surface area contributed by atoms with Crippen molar-refractivity contribution in [3.63, 3.8) is 0 Å². The number of hydrogen-bond acceptors (Lipinski definition) is 4. The summed E-state index contributed by atoms with van der Waals surface area (Å²) in [7, 11) is 0. The monoisotopic (exact) mass is 292 g/mol. The van der Waals surface area contributed by atoms with Crippen molar-refractivity contribution in [1.29, 1.82) is 0 Å². The number of nitrogens with zero attached hydrogens (tertiary/aromatic N) is 1. The van der Waals surface area contributed by atoms with Gasteiger partial charge in [0.05, 0.1) is 6.54 Å². The van der Waals surface area contributed by atoms with Crippen molar-refractivity contribution in [1.82, 2.24) is 10.2 Å². The lowest BCUT2D eigenvalue weighted by Crippen LogP contribution is -2.47. The van der Waals surface area contributed by atoms with E-state index in [-0.39, 0.29) is 18.5 Å². The van der Waals surface area contributed by atoms with Crippen LogP contribution in [-0.2, 0) is 4.79 Å². The molecule has 20 heavy (non-hydrogen) atoms. The van der Waals surface area contributed by atoms with Crippen LogP contribution in [0, 0.1) is 0 Å². The molecular formula is C14H16N2O3S. The number of urea groups is 1. The van der Waals surface area contributed by atoms with E-state index in [4.69, 9.17) is 4.74 Å². The fourth-order valence-corrected chi connectivity index (χ4v) is 3.81. The third-order valence-corrected chi connectivity index (χ3v) is 4.78. The minimum atomic E-state index is -0.658. The topological polar surface area (TPSA) is 58.6 Å². The van der Waals surface area contributed by atoms with Crippen LogP contribution in [0.15, 0.2) is 30.3 Å². The number of imide groups is 1. The van der Waals surface area contributed by atoms with E-state index >= 15 is 0 Å². The first-order chi connectivity index (χ1) is 9.71. The molecule has 2 aliphatic heterocycles. The fraction of sp³-hybridized carbons (Fsp3) is 0.429. The molecule has 6 heteroatoms. The van der Waals surface area contributed by atoms with Crippen molar-refractivity contribution in [2.24, 2.45) is 0 Å². The van der Waals surface area contributed by atoms with E-state index in [1.807, 2.05) is 30.3 Å². The molecule has 5 nitrogen and oxygen atoms in total. The van der Waals surface area contributed by atoms with Crippen molar-refractivity contribution in [3.8, 4) is 5.75 Å². The number of nitrogens with one attached hydrogen (secondary N) is 1. The quantitative estimate of drug-likeness (QED) is 0.854. The molecule has 2 heterocycles. The lowest BCUT2D eigenvalue weighted by Gasteiger charge is -2.19. The number of amides is 3. The number of para-hydroxylation sites is 1. The van der Waals surface area contributed by atoms with Crippen molar-refractivity contribution in [3.05, 3.63) is 30.3 Å². The largest absolute Gasteiger partial charge is 0.492 e. The molecule has 0 saturated carbocycles. The molecule has 1 spiro atoms. The molecule has 3 rings (SSSR count). The van der Waals surface area contributed by atoms with E-state index in [1.165, 1.54) is 4.90 Å². The summed E-state index contributed by atoms with van der Waals surface area (Å²) in [6.07, 6.45) is 0.721. The zero-order chi connectivity index (χ0) is 14.0. The van der Waals surface area contributed by atoms with Crippen LogP contribution < -0.4 is 10.1 Å². The van der Waals surface area contributed by atoms with E-state index in [2.05, 4.69) is 5.32 Å². The number of ether oxygens (including phenoxy) is 1.